The van der Waals surface area contributed by atoms with Crippen LogP contribution in [0.2, 0.25) is 0 Å². The van der Waals surface area contributed by atoms with Gasteiger partial charge in [0.1, 0.15) is 5.82 Å². The number of hydrogen-bond donors (Lipinski definition) is 1. The topological polar surface area (TPSA) is 51.2 Å². The Hall–Kier alpha value is -2.64. The van der Waals surface area contributed by atoms with Gasteiger partial charge in [0.15, 0.2) is 5.69 Å². The Morgan fingerprint density at radius 2 is 1.83 bits per heavy atom. The lowest BCUT2D eigenvalue weighted by atomic mass is 9.66. The minimum Gasteiger partial charge on any atom is -0.461 e. The summed E-state index contributed by atoms with van der Waals surface area (Å²) in [6.45, 7) is 1.96. The Labute approximate surface area is 165 Å². The van der Waals surface area contributed by atoms with E-state index in [0.717, 1.165) is 48.9 Å². The number of carbonyl (C=O) groups is 1. The standard InChI is InChI=1S/C21H20F4N2O2/c1-2-29-20(28)19-18-12-5-3-11(4-6-12)17(18)16(10-26-19)27-13-7-8-15(22)14(9-13)21(23,24)25/h7-12,27H,2-6H2,1H3. The third kappa shape index (κ3) is 3.56. The summed E-state index contributed by atoms with van der Waals surface area (Å²) in [5.41, 5.74) is 1.40. The molecule has 0 saturated heterocycles. The first-order valence-corrected chi connectivity index (χ1v) is 9.63. The number of halogens is 4. The summed E-state index contributed by atoms with van der Waals surface area (Å²) in [4.78, 5) is 16.7. The predicted octanol–water partition coefficient (Wildman–Crippen LogP) is 5.91. The number of anilines is 2. The number of carbonyl (C=O) groups excluding carboxylic acids is 1. The van der Waals surface area contributed by atoms with E-state index in [2.05, 4.69) is 10.3 Å². The number of ether oxygens (including phenoxy) is 1. The van der Waals surface area contributed by atoms with E-state index in [0.29, 0.717) is 5.69 Å². The van der Waals surface area contributed by atoms with E-state index in [1.165, 1.54) is 12.3 Å². The Balaban J connectivity index is 1.77. The molecule has 1 N–H and O–H groups in total. The van der Waals surface area contributed by atoms with Gasteiger partial charge in [0, 0.05) is 5.69 Å². The maximum atomic E-state index is 13.6. The van der Waals surface area contributed by atoms with Gasteiger partial charge in [-0.05, 0) is 73.8 Å². The van der Waals surface area contributed by atoms with Crippen molar-refractivity contribution in [2.24, 2.45) is 0 Å². The Morgan fingerprint density at radius 3 is 2.45 bits per heavy atom. The van der Waals surface area contributed by atoms with Crippen molar-refractivity contribution in [3.8, 4) is 0 Å². The van der Waals surface area contributed by atoms with Crippen LogP contribution < -0.4 is 5.32 Å². The van der Waals surface area contributed by atoms with Crippen molar-refractivity contribution in [1.82, 2.24) is 4.98 Å². The average Bonchev–Trinajstić information content (AvgIpc) is 2.69. The average molecular weight is 408 g/mol. The third-order valence-electron chi connectivity index (χ3n) is 5.72. The van der Waals surface area contributed by atoms with Crippen LogP contribution in [-0.4, -0.2) is 17.6 Å². The molecule has 0 aliphatic heterocycles. The van der Waals surface area contributed by atoms with Crippen LogP contribution in [0.4, 0.5) is 28.9 Å². The second kappa shape index (κ2) is 7.31. The first-order chi connectivity index (χ1) is 13.8. The van der Waals surface area contributed by atoms with Crippen molar-refractivity contribution in [3.05, 3.63) is 52.6 Å². The molecule has 2 aromatic rings. The number of fused-ring (bicyclic) bond motifs is 2. The van der Waals surface area contributed by atoms with Crippen LogP contribution in [0.25, 0.3) is 0 Å². The van der Waals surface area contributed by atoms with Crippen LogP contribution in [0.1, 0.15) is 71.6 Å². The van der Waals surface area contributed by atoms with E-state index in [9.17, 15) is 22.4 Å². The van der Waals surface area contributed by atoms with Crippen molar-refractivity contribution in [2.45, 2.75) is 50.6 Å². The van der Waals surface area contributed by atoms with Gasteiger partial charge in [-0.1, -0.05) is 0 Å². The molecule has 8 heteroatoms. The number of rotatable bonds is 4. The largest absolute Gasteiger partial charge is 0.461 e. The molecule has 29 heavy (non-hydrogen) atoms. The Morgan fingerprint density at radius 1 is 1.17 bits per heavy atom. The maximum absolute atomic E-state index is 13.6. The van der Waals surface area contributed by atoms with E-state index in [-0.39, 0.29) is 29.8 Å². The van der Waals surface area contributed by atoms with Crippen LogP contribution in [-0.2, 0) is 10.9 Å². The highest BCUT2D eigenvalue weighted by molar-refractivity contribution is 5.91. The highest BCUT2D eigenvalue weighted by Gasteiger charge is 2.39. The van der Waals surface area contributed by atoms with Crippen molar-refractivity contribution in [3.63, 3.8) is 0 Å². The molecule has 1 aromatic carbocycles. The summed E-state index contributed by atoms with van der Waals surface area (Å²) in [5, 5.41) is 2.97. The van der Waals surface area contributed by atoms with Crippen molar-refractivity contribution in [2.75, 3.05) is 11.9 Å². The monoisotopic (exact) mass is 408 g/mol. The highest BCUT2D eigenvalue weighted by atomic mass is 19.4. The van der Waals surface area contributed by atoms with Gasteiger partial charge in [-0.15, -0.1) is 0 Å². The zero-order valence-electron chi connectivity index (χ0n) is 15.8. The lowest BCUT2D eigenvalue weighted by molar-refractivity contribution is -0.139. The van der Waals surface area contributed by atoms with E-state index in [4.69, 9.17) is 4.74 Å². The first-order valence-electron chi connectivity index (χ1n) is 9.63. The van der Waals surface area contributed by atoms with Gasteiger partial charge in [-0.2, -0.15) is 13.2 Å². The van der Waals surface area contributed by atoms with Gasteiger partial charge in [0.2, 0.25) is 0 Å². The number of benzene rings is 1. The second-order valence-corrected chi connectivity index (χ2v) is 7.43. The lowest BCUT2D eigenvalue weighted by Gasteiger charge is -2.40. The smallest absolute Gasteiger partial charge is 0.419 e. The van der Waals surface area contributed by atoms with E-state index >= 15 is 0 Å². The van der Waals surface area contributed by atoms with Gasteiger partial charge < -0.3 is 10.1 Å². The quantitative estimate of drug-likeness (QED) is 0.504. The van der Waals surface area contributed by atoms with Crippen LogP contribution in [0.15, 0.2) is 24.4 Å². The fourth-order valence-electron chi connectivity index (χ4n) is 4.50. The molecule has 4 nitrogen and oxygen atoms in total. The molecule has 0 radical (unpaired) electrons. The van der Waals surface area contributed by atoms with Crippen LogP contribution in [0, 0.1) is 5.82 Å². The van der Waals surface area contributed by atoms with E-state index in [1.807, 2.05) is 0 Å². The van der Waals surface area contributed by atoms with Crippen molar-refractivity contribution in [1.29, 1.82) is 0 Å². The van der Waals surface area contributed by atoms with Crippen molar-refractivity contribution < 1.29 is 27.1 Å². The second-order valence-electron chi connectivity index (χ2n) is 7.43. The number of alkyl halides is 3. The minimum atomic E-state index is -4.79. The third-order valence-corrected chi connectivity index (χ3v) is 5.72. The van der Waals surface area contributed by atoms with Gasteiger partial charge in [0.05, 0.1) is 24.1 Å². The molecule has 2 bridgehead atoms. The van der Waals surface area contributed by atoms with Gasteiger partial charge >= 0.3 is 12.1 Å². The molecule has 0 atom stereocenters. The number of nitrogens with one attached hydrogen (secondary N) is 1. The van der Waals surface area contributed by atoms with Crippen LogP contribution >= 0.6 is 0 Å². The normalized spacial score (nSPS) is 20.3. The van der Waals surface area contributed by atoms with Crippen LogP contribution in [0.3, 0.4) is 0 Å². The fourth-order valence-corrected chi connectivity index (χ4v) is 4.50. The van der Waals surface area contributed by atoms with E-state index < -0.39 is 23.5 Å². The zero-order chi connectivity index (χ0) is 20.8. The molecule has 154 valence electrons. The molecule has 0 spiro atoms. The molecule has 5 rings (SSSR count). The molecule has 3 aliphatic rings. The van der Waals surface area contributed by atoms with Gasteiger partial charge in [0.25, 0.3) is 0 Å². The lowest BCUT2D eigenvalue weighted by Crippen LogP contribution is -2.27. The maximum Gasteiger partial charge on any atom is 0.419 e. The molecule has 0 amide bonds. The number of aromatic nitrogens is 1. The predicted molar refractivity (Wildman–Crippen MR) is 98.8 cm³/mol. The van der Waals surface area contributed by atoms with E-state index in [1.54, 1.807) is 6.92 Å². The molecule has 3 aliphatic carbocycles. The summed E-state index contributed by atoms with van der Waals surface area (Å²) in [6, 6.07) is 2.81. The SMILES string of the molecule is CCOC(=O)c1ncc(Nc2ccc(F)c(C(F)(F)F)c2)c2c1C1CCC2CC1. The molecule has 1 aromatic heterocycles. The summed E-state index contributed by atoms with van der Waals surface area (Å²) in [6.07, 6.45) is 0.480. The van der Waals surface area contributed by atoms with Crippen LogP contribution in [0.5, 0.6) is 0 Å². The van der Waals surface area contributed by atoms with Crippen molar-refractivity contribution >= 4 is 17.3 Å². The molecule has 1 saturated carbocycles. The molecule has 1 heterocycles. The number of hydrogen-bond acceptors (Lipinski definition) is 4. The Bertz CT molecular complexity index is 950. The minimum absolute atomic E-state index is 0.119. The summed E-state index contributed by atoms with van der Waals surface area (Å²) >= 11 is 0. The number of esters is 1. The summed E-state index contributed by atoms with van der Waals surface area (Å²) in [7, 11) is 0. The molecular formula is C21H20F4N2O2. The molecule has 0 unspecified atom stereocenters. The number of nitrogens with zero attached hydrogens (tertiary/aromatic N) is 1. The molecular weight excluding hydrogens is 388 g/mol. The fraction of sp³-hybridized carbons (Fsp3) is 0.429. The van der Waals surface area contributed by atoms with Gasteiger partial charge in [-0.3, -0.25) is 0 Å². The first kappa shape index (κ1) is 19.7. The summed E-state index contributed by atoms with van der Waals surface area (Å²) in [5.74, 6) is -1.41. The Kier molecular flexibility index (Phi) is 4.96. The zero-order valence-corrected chi connectivity index (χ0v) is 15.8. The van der Waals surface area contributed by atoms with Gasteiger partial charge in [-0.25, -0.2) is 14.2 Å². The highest BCUT2D eigenvalue weighted by Crippen LogP contribution is 2.53. The summed E-state index contributed by atoms with van der Waals surface area (Å²) < 4.78 is 57.9. The molecule has 1 fully saturated rings. The number of pyridine rings is 1.